The number of carbonyl (C=O) groups is 18. The summed E-state index contributed by atoms with van der Waals surface area (Å²) < 4.78 is 21.7. The number of nitrogens with zero attached hydrogens (tertiary/aromatic N) is 1. The zero-order valence-corrected chi connectivity index (χ0v) is 84.1. The van der Waals surface area contributed by atoms with Crippen molar-refractivity contribution in [1.82, 2.24) is 90.0 Å². The Morgan fingerprint density at radius 1 is 0.378 bits per heavy atom. The van der Waals surface area contributed by atoms with Gasteiger partial charge in [0, 0.05) is 13.1 Å². The molecule has 20 atom stereocenters. The highest BCUT2D eigenvalue weighted by Crippen LogP contribution is 2.16. The molecular weight excluding hydrogens is 1870 g/mol. The van der Waals surface area contributed by atoms with Crippen molar-refractivity contribution in [3.05, 3.63) is 35.9 Å². The van der Waals surface area contributed by atoms with E-state index in [1.807, 2.05) is 13.8 Å². The zero-order chi connectivity index (χ0) is 108. The molecule has 51 nitrogen and oxygen atoms in total. The maximum absolute atomic E-state index is 14.8. The van der Waals surface area contributed by atoms with Crippen LogP contribution >= 0.6 is 0 Å². The molecule has 0 bridgehead atoms. The number of hydrogen-bond acceptors (Lipinski definition) is 34. The molecule has 0 fully saturated rings. The summed E-state index contributed by atoms with van der Waals surface area (Å²) in [6, 6.07) is -14.1. The van der Waals surface area contributed by atoms with Crippen LogP contribution in [0.2, 0.25) is 0 Å². The van der Waals surface area contributed by atoms with Gasteiger partial charge in [0.1, 0.15) is 91.4 Å². The van der Waals surface area contributed by atoms with Gasteiger partial charge in [0.25, 0.3) is 0 Å². The maximum Gasteiger partial charge on any atom is 0.245 e. The molecule has 1 aromatic carbocycles. The van der Waals surface area contributed by atoms with Crippen LogP contribution in [0.4, 0.5) is 0 Å². The number of aliphatic hydroxyl groups excluding tert-OH is 3. The summed E-state index contributed by atoms with van der Waals surface area (Å²) in [7, 11) is 0. The van der Waals surface area contributed by atoms with E-state index >= 15 is 0 Å². The molecule has 0 aliphatic carbocycles. The standard InChI is InChI=1S/C92H164N26O25/c1-11-19-69(121)77(91(138)105-61(23-31-93)79(101)126)116-86(133)66(28-36-98)110-89(136)74(55(8)14-4)113-72(124)51-118(50-71(123)102-39-41-141-43-45-143-47-46-142-44-42-140-40-13-3)52-73(125)114-75(56(9)15-5)90(137)111-67(29-37-99)87(134)117-78(70(122)20-12-2)92(139)112-64(26-34-96)83(130)109-68(84(131)107-62(24-32-94)81(128)104-59(53-119)49-58-21-17-16-18-22-58)30-38-103-88(135)76(57(10)120)115-85(132)65(27-35-97)108-82(129)63(25-33-95)106-80(127)60(100)48-54(6)7/h3,16-18,21-22,53-57,59-70,74-78,120-122H,11-12,14-15,19-20,23-52,93-100H2,1-2,4-10H3,(H2,101,126)(H,102,123)(H,103,135)(H,104,128)(H,105,138)(H,106,127)(H,107,131)(H,108,129)(H,109,130)(H,110,136)(H,111,137)(H,112,139)(H,113,124)(H,114,125)(H,115,132)(H,116,133)(H,117,134)/t55-,56-,57+,59+,60-,61-,62-,63-,64-,65-,66-,67-,68-,69+,70+,74-,75-,76-,77-,78-/m0/s1. The molecule has 0 saturated carbocycles. The van der Waals surface area contributed by atoms with Crippen LogP contribution in [0.1, 0.15) is 164 Å². The SMILES string of the molecule is C#CCOCCOCCOCCOCCNC(=O)CN(CC(=O)N[C@H](C(=O)N[C@@H](CCN)C(=O)N[C@H](C(=O)N[C@@H](CCN)C(N)=O)[C@H](O)CCC)[C@@H](C)CC)CC(=O)N[C@H](C(=O)N[C@@H](CCN)C(=O)N[C@H](C(=O)N[C@@H](CCN)C(=O)N[C@@H](CCNC(=O)[C@@H](NC(=O)[C@H](CCN)NC(=O)[C@H](CCN)NC(=O)[C@@H](N)CC(C)C)[C@@H](C)O)C(=O)N[C@@H](CCN)C(=O)N[C@@H](C=O)Cc1ccccc1)[C@H](O)CCC)[C@@H](C)CC. The Kier molecular flexibility index (Phi) is 67.8. The average Bonchev–Trinajstić information content (AvgIpc) is 0.846. The van der Waals surface area contributed by atoms with E-state index in [4.69, 9.17) is 77.0 Å². The lowest BCUT2D eigenvalue weighted by molar-refractivity contribution is -0.137. The number of nitrogens with one attached hydrogen (secondary N) is 16. The number of aldehydes is 1. The van der Waals surface area contributed by atoms with Crippen molar-refractivity contribution in [2.24, 2.45) is 69.4 Å². The average molecular weight is 2030 g/mol. The lowest BCUT2D eigenvalue weighted by atomic mass is 9.97. The molecule has 0 aromatic heterocycles. The predicted octanol–water partition coefficient (Wildman–Crippen LogP) is -11.1. The normalized spacial score (nSPS) is 15.5. The predicted molar refractivity (Wildman–Crippen MR) is 527 cm³/mol. The molecule has 0 spiro atoms. The lowest BCUT2D eigenvalue weighted by Crippen LogP contribution is -2.62. The molecule has 1 rings (SSSR count). The molecule has 0 heterocycles. The molecule has 812 valence electrons. The first kappa shape index (κ1) is 130. The quantitative estimate of drug-likeness (QED) is 0.0164. The summed E-state index contributed by atoms with van der Waals surface area (Å²) in [5.41, 5.74) is 53.5. The first-order chi connectivity index (χ1) is 68.1. The minimum atomic E-state index is -1.96. The summed E-state index contributed by atoms with van der Waals surface area (Å²) in [4.78, 5) is 253. The highest BCUT2D eigenvalue weighted by Gasteiger charge is 2.41. The molecular formula is C92H164N26O25. The fourth-order valence-electron chi connectivity index (χ4n) is 14.3. The van der Waals surface area contributed by atoms with Gasteiger partial charge in [-0.15, -0.1) is 6.42 Å². The highest BCUT2D eigenvalue weighted by atomic mass is 16.6. The van der Waals surface area contributed by atoms with Gasteiger partial charge in [-0.05, 0) is 153 Å². The van der Waals surface area contributed by atoms with Gasteiger partial charge in [0.2, 0.25) is 100 Å². The summed E-state index contributed by atoms with van der Waals surface area (Å²) >= 11 is 0. The number of terminal acetylenes is 1. The maximum atomic E-state index is 14.8. The Bertz CT molecular complexity index is 4090. The van der Waals surface area contributed by atoms with E-state index in [0.717, 1.165) is 11.8 Å². The molecule has 0 saturated heterocycles. The Labute approximate surface area is 836 Å². The van der Waals surface area contributed by atoms with Crippen LogP contribution in [0.5, 0.6) is 0 Å². The number of primary amides is 1. The number of ether oxygens (including phenoxy) is 4. The van der Waals surface area contributed by atoms with Crippen LogP contribution in [-0.2, 0) is 112 Å². The van der Waals surface area contributed by atoms with Gasteiger partial charge in [0.05, 0.1) is 96.3 Å². The molecule has 143 heavy (non-hydrogen) atoms. The molecule has 0 aliphatic heterocycles. The molecule has 17 amide bonds. The largest absolute Gasteiger partial charge is 0.391 e. The van der Waals surface area contributed by atoms with E-state index in [1.165, 1.54) is 0 Å². The van der Waals surface area contributed by atoms with Crippen LogP contribution in [0.3, 0.4) is 0 Å². The van der Waals surface area contributed by atoms with E-state index in [2.05, 4.69) is 91.0 Å². The number of nitrogens with two attached hydrogens (primary N) is 9. The molecule has 1 aromatic rings. The summed E-state index contributed by atoms with van der Waals surface area (Å²) in [5, 5.41) is 74.2. The minimum Gasteiger partial charge on any atom is -0.391 e. The van der Waals surface area contributed by atoms with Gasteiger partial charge in [-0.25, -0.2) is 0 Å². The first-order valence-corrected chi connectivity index (χ1v) is 48.8. The van der Waals surface area contributed by atoms with E-state index in [9.17, 15) is 102 Å². The van der Waals surface area contributed by atoms with Crippen molar-refractivity contribution in [2.75, 3.05) is 131 Å². The summed E-state index contributed by atoms with van der Waals surface area (Å²) in [6.45, 7) is 11.8. The molecule has 0 radical (unpaired) electrons. The van der Waals surface area contributed by atoms with Crippen molar-refractivity contribution in [2.45, 2.75) is 274 Å². The van der Waals surface area contributed by atoms with E-state index in [1.54, 1.807) is 71.9 Å². The van der Waals surface area contributed by atoms with Crippen molar-refractivity contribution >= 4 is 107 Å². The third-order valence-corrected chi connectivity index (χ3v) is 22.6. The molecule has 0 unspecified atom stereocenters. The molecule has 37 N–H and O–H groups in total. The van der Waals surface area contributed by atoms with E-state index in [-0.39, 0.29) is 181 Å². The van der Waals surface area contributed by atoms with Crippen LogP contribution in [0.25, 0.3) is 0 Å². The Morgan fingerprint density at radius 3 is 1.06 bits per heavy atom. The van der Waals surface area contributed by atoms with Gasteiger partial charge in [0.15, 0.2) is 0 Å². The van der Waals surface area contributed by atoms with Gasteiger partial charge < -0.3 is 176 Å². The van der Waals surface area contributed by atoms with E-state index < -0.39 is 260 Å². The van der Waals surface area contributed by atoms with Crippen LogP contribution in [-0.4, -0.2) is 367 Å². The zero-order valence-electron chi connectivity index (χ0n) is 84.1. The Balaban J connectivity index is 3.91. The van der Waals surface area contributed by atoms with Gasteiger partial charge in [-0.3, -0.25) is 86.4 Å². The van der Waals surface area contributed by atoms with E-state index in [0.29, 0.717) is 31.5 Å². The van der Waals surface area contributed by atoms with Crippen molar-refractivity contribution in [3.63, 3.8) is 0 Å². The second-order valence-corrected chi connectivity index (χ2v) is 35.1. The number of rotatable bonds is 80. The number of benzene rings is 1. The monoisotopic (exact) mass is 2030 g/mol. The number of hydrogen-bond donors (Lipinski definition) is 28. The Hall–Kier alpha value is -11.2. The second kappa shape index (κ2) is 74.7. The third kappa shape index (κ3) is 52.2. The third-order valence-electron chi connectivity index (χ3n) is 22.6. The smallest absolute Gasteiger partial charge is 0.245 e. The summed E-state index contributed by atoms with van der Waals surface area (Å²) in [5.74, 6) is -15.6. The highest BCUT2D eigenvalue weighted by molar-refractivity contribution is 6.00. The topological polar surface area (TPSA) is 835 Å². The first-order valence-electron chi connectivity index (χ1n) is 48.8. The van der Waals surface area contributed by atoms with Gasteiger partial charge in [-0.1, -0.05) is 117 Å². The van der Waals surface area contributed by atoms with Crippen molar-refractivity contribution in [1.29, 1.82) is 0 Å². The number of amides is 17. The minimum absolute atomic E-state index is 0.00179. The van der Waals surface area contributed by atoms with Crippen molar-refractivity contribution in [3.8, 4) is 12.3 Å². The van der Waals surface area contributed by atoms with Crippen LogP contribution in [0.15, 0.2) is 30.3 Å². The molecule has 0 aliphatic rings. The fraction of sp³-hybridized carbons (Fsp3) is 0.717. The lowest BCUT2D eigenvalue weighted by Gasteiger charge is -2.30. The Morgan fingerprint density at radius 2 is 0.706 bits per heavy atom. The summed E-state index contributed by atoms with van der Waals surface area (Å²) in [6.07, 6.45) is -0.380. The van der Waals surface area contributed by atoms with Gasteiger partial charge in [-0.2, -0.15) is 0 Å². The number of carbonyl (C=O) groups excluding carboxylic acids is 18. The fourth-order valence-corrected chi connectivity index (χ4v) is 14.3. The van der Waals surface area contributed by atoms with Crippen LogP contribution < -0.4 is 137 Å². The second-order valence-electron chi connectivity index (χ2n) is 35.1. The van der Waals surface area contributed by atoms with Crippen molar-refractivity contribution < 1.29 is 121 Å². The van der Waals surface area contributed by atoms with Crippen LogP contribution in [0, 0.1) is 30.1 Å². The molecule has 51 heteroatoms. The van der Waals surface area contributed by atoms with Gasteiger partial charge >= 0.3 is 0 Å². The number of aliphatic hydroxyl groups is 3.